The lowest BCUT2D eigenvalue weighted by molar-refractivity contribution is -0.161. The number of hydrogen-bond acceptors (Lipinski definition) is 15. The van der Waals surface area contributed by atoms with Crippen LogP contribution in [0.4, 0.5) is 0 Å². The Morgan fingerprint density at radius 3 is 0.584 bits per heavy atom. The van der Waals surface area contributed by atoms with E-state index in [9.17, 15) is 43.2 Å². The van der Waals surface area contributed by atoms with Gasteiger partial charge in [-0.15, -0.1) is 0 Å². The fraction of sp³-hybridized carbons (Fsp3) is 0.951. The number of ether oxygens (including phenoxy) is 4. The average Bonchev–Trinajstić information content (AvgIpc) is 0.936. The molecule has 0 spiro atoms. The number of esters is 4. The second-order valence-corrected chi connectivity index (χ2v) is 32.4. The molecule has 0 aromatic rings. The SMILES string of the molecule is CCCCCCCCCCCCCCCCCCCCCCCC(=O)O[C@H](COC(=O)CCCCCCCCCCCCCCCCC)COP(=O)(O)OC[C@@H](O)COP(=O)(O)OC[C@@H](COC(=O)CCCCCCCCCCCCCC)OC(=O)CCCCCCCCCCCCCCC. The molecule has 2 unspecified atom stereocenters. The van der Waals surface area contributed by atoms with Crippen molar-refractivity contribution in [2.75, 3.05) is 39.6 Å². The van der Waals surface area contributed by atoms with E-state index in [2.05, 4.69) is 27.7 Å². The predicted octanol–water partition coefficient (Wildman–Crippen LogP) is 25.0. The summed E-state index contributed by atoms with van der Waals surface area (Å²) in [6.07, 6.45) is 69.3. The van der Waals surface area contributed by atoms with Crippen molar-refractivity contribution in [2.24, 2.45) is 0 Å². The molecule has 0 aliphatic carbocycles. The van der Waals surface area contributed by atoms with Gasteiger partial charge in [-0.3, -0.25) is 37.3 Å². The lowest BCUT2D eigenvalue weighted by atomic mass is 10.0. The number of phosphoric ester groups is 2. The standard InChI is InChI=1S/C82H160O17P2/c1-5-9-13-17-21-25-29-33-35-36-37-38-39-40-42-45-49-53-57-61-65-69-82(87)99-78(73-93-80(85)67-63-59-55-51-47-44-41-34-30-26-22-18-14-10-6-2)75-97-101(90,91)95-71-76(83)70-94-100(88,89)96-74-77(72-92-79(84)66-62-58-54-50-46-32-28-24-20-16-12-8-4)98-81(86)68-64-60-56-52-48-43-31-27-23-19-15-11-7-3/h76-78,83H,5-75H2,1-4H3,(H,88,89)(H,90,91)/t76-,77+,78+/m0/s1. The number of rotatable bonds is 83. The van der Waals surface area contributed by atoms with Gasteiger partial charge < -0.3 is 33.8 Å². The zero-order valence-electron chi connectivity index (χ0n) is 65.9. The van der Waals surface area contributed by atoms with E-state index in [1.165, 1.54) is 276 Å². The highest BCUT2D eigenvalue weighted by atomic mass is 31.2. The Balaban J connectivity index is 5.22. The van der Waals surface area contributed by atoms with Gasteiger partial charge in [-0.2, -0.15) is 0 Å². The third-order valence-electron chi connectivity index (χ3n) is 19.4. The number of unbranched alkanes of at least 4 members (excludes halogenated alkanes) is 57. The van der Waals surface area contributed by atoms with Crippen LogP contribution in [0.1, 0.15) is 445 Å². The predicted molar refractivity (Wildman–Crippen MR) is 414 cm³/mol. The van der Waals surface area contributed by atoms with Crippen molar-refractivity contribution in [1.29, 1.82) is 0 Å². The molecule has 0 bridgehead atoms. The molecule has 101 heavy (non-hydrogen) atoms. The zero-order valence-corrected chi connectivity index (χ0v) is 67.7. The van der Waals surface area contributed by atoms with Crippen LogP contribution in [0.25, 0.3) is 0 Å². The Morgan fingerprint density at radius 1 is 0.238 bits per heavy atom. The molecule has 0 saturated heterocycles. The van der Waals surface area contributed by atoms with Gasteiger partial charge in [0.1, 0.15) is 19.3 Å². The molecule has 0 radical (unpaired) electrons. The smallest absolute Gasteiger partial charge is 0.462 e. The summed E-state index contributed by atoms with van der Waals surface area (Å²) in [4.78, 5) is 73.1. The van der Waals surface area contributed by atoms with E-state index in [0.717, 1.165) is 89.9 Å². The molecule has 3 N–H and O–H groups in total. The number of carbonyl (C=O) groups is 4. The Bertz CT molecular complexity index is 1910. The van der Waals surface area contributed by atoms with Crippen molar-refractivity contribution in [3.8, 4) is 0 Å². The molecule has 0 heterocycles. The molecule has 0 rings (SSSR count). The van der Waals surface area contributed by atoms with Crippen LogP contribution >= 0.6 is 15.6 Å². The molecule has 0 saturated carbocycles. The molecular weight excluding hydrogens is 1320 g/mol. The third-order valence-corrected chi connectivity index (χ3v) is 21.3. The fourth-order valence-electron chi connectivity index (χ4n) is 12.8. The molecule has 0 aliphatic rings. The first-order valence-electron chi connectivity index (χ1n) is 42.8. The van der Waals surface area contributed by atoms with Crippen molar-refractivity contribution in [2.45, 2.75) is 463 Å². The van der Waals surface area contributed by atoms with Crippen LogP contribution in [0.15, 0.2) is 0 Å². The summed E-state index contributed by atoms with van der Waals surface area (Å²) in [6.45, 7) is 5.04. The van der Waals surface area contributed by atoms with Gasteiger partial charge in [0.2, 0.25) is 0 Å². The Morgan fingerprint density at radius 2 is 0.396 bits per heavy atom. The first kappa shape index (κ1) is 99.1. The second kappa shape index (κ2) is 76.3. The minimum atomic E-state index is -4.96. The van der Waals surface area contributed by atoms with Crippen molar-refractivity contribution in [3.63, 3.8) is 0 Å². The summed E-state index contributed by atoms with van der Waals surface area (Å²) in [6, 6.07) is 0. The normalized spacial score (nSPS) is 13.8. The maximum absolute atomic E-state index is 13.1. The van der Waals surface area contributed by atoms with Crippen LogP contribution in [0.3, 0.4) is 0 Å². The van der Waals surface area contributed by atoms with Crippen LogP contribution in [0, 0.1) is 0 Å². The minimum Gasteiger partial charge on any atom is -0.462 e. The Kier molecular flexibility index (Phi) is 74.8. The van der Waals surface area contributed by atoms with Crippen molar-refractivity contribution in [1.82, 2.24) is 0 Å². The van der Waals surface area contributed by atoms with Gasteiger partial charge in [0.15, 0.2) is 12.2 Å². The number of aliphatic hydroxyl groups is 1. The van der Waals surface area contributed by atoms with Gasteiger partial charge in [-0.25, -0.2) is 9.13 Å². The first-order chi connectivity index (χ1) is 49.2. The van der Waals surface area contributed by atoms with Crippen LogP contribution in [-0.4, -0.2) is 96.7 Å². The highest BCUT2D eigenvalue weighted by molar-refractivity contribution is 7.47. The minimum absolute atomic E-state index is 0.109. The Hall–Kier alpha value is -1.94. The van der Waals surface area contributed by atoms with Crippen LogP contribution in [0.2, 0.25) is 0 Å². The van der Waals surface area contributed by atoms with Crippen LogP contribution in [-0.2, 0) is 65.4 Å². The molecule has 19 heteroatoms. The van der Waals surface area contributed by atoms with E-state index in [1.807, 2.05) is 0 Å². The molecule has 5 atom stereocenters. The number of phosphoric acid groups is 2. The fourth-order valence-corrected chi connectivity index (χ4v) is 14.4. The summed E-state index contributed by atoms with van der Waals surface area (Å²) >= 11 is 0. The topological polar surface area (TPSA) is 237 Å². The van der Waals surface area contributed by atoms with E-state index in [0.29, 0.717) is 25.7 Å². The lowest BCUT2D eigenvalue weighted by Gasteiger charge is -2.21. The summed E-state index contributed by atoms with van der Waals surface area (Å²) in [7, 11) is -9.92. The van der Waals surface area contributed by atoms with Crippen LogP contribution < -0.4 is 0 Å². The van der Waals surface area contributed by atoms with Crippen molar-refractivity contribution in [3.05, 3.63) is 0 Å². The summed E-state index contributed by atoms with van der Waals surface area (Å²) in [5.74, 6) is -2.10. The molecule has 0 aliphatic heterocycles. The van der Waals surface area contributed by atoms with E-state index in [4.69, 9.17) is 37.0 Å². The molecule has 0 aromatic heterocycles. The van der Waals surface area contributed by atoms with E-state index in [-0.39, 0.29) is 25.7 Å². The summed E-state index contributed by atoms with van der Waals surface area (Å²) < 4.78 is 68.8. The van der Waals surface area contributed by atoms with Gasteiger partial charge in [-0.1, -0.05) is 394 Å². The van der Waals surface area contributed by atoms with Gasteiger partial charge in [0, 0.05) is 25.7 Å². The zero-order chi connectivity index (χ0) is 73.9. The third kappa shape index (κ3) is 76.1. The highest BCUT2D eigenvalue weighted by Gasteiger charge is 2.30. The van der Waals surface area contributed by atoms with Gasteiger partial charge in [-0.05, 0) is 25.7 Å². The largest absolute Gasteiger partial charge is 0.472 e. The van der Waals surface area contributed by atoms with Gasteiger partial charge in [0.05, 0.1) is 26.4 Å². The molecular formula is C82H160O17P2. The van der Waals surface area contributed by atoms with Gasteiger partial charge in [0.25, 0.3) is 0 Å². The highest BCUT2D eigenvalue weighted by Crippen LogP contribution is 2.45. The molecule has 0 aromatic carbocycles. The molecule has 600 valence electrons. The first-order valence-corrected chi connectivity index (χ1v) is 45.8. The average molecular weight is 1480 g/mol. The number of carbonyl (C=O) groups excluding carboxylic acids is 4. The molecule has 0 fully saturated rings. The van der Waals surface area contributed by atoms with E-state index in [1.54, 1.807) is 0 Å². The number of aliphatic hydroxyl groups excluding tert-OH is 1. The summed E-state index contributed by atoms with van der Waals surface area (Å²) in [5, 5.41) is 10.6. The number of hydrogen-bond donors (Lipinski definition) is 3. The maximum atomic E-state index is 13.1. The molecule has 17 nitrogen and oxygen atoms in total. The monoisotopic (exact) mass is 1480 g/mol. The van der Waals surface area contributed by atoms with Crippen LogP contribution in [0.5, 0.6) is 0 Å². The lowest BCUT2D eigenvalue weighted by Crippen LogP contribution is -2.30. The molecule has 0 amide bonds. The van der Waals surface area contributed by atoms with Crippen molar-refractivity contribution >= 4 is 39.5 Å². The van der Waals surface area contributed by atoms with Crippen molar-refractivity contribution < 1.29 is 80.2 Å². The maximum Gasteiger partial charge on any atom is 0.472 e. The Labute approximate surface area is 619 Å². The van der Waals surface area contributed by atoms with Gasteiger partial charge >= 0.3 is 39.5 Å². The summed E-state index contributed by atoms with van der Waals surface area (Å²) in [5.41, 5.74) is 0. The second-order valence-electron chi connectivity index (χ2n) is 29.5. The van der Waals surface area contributed by atoms with E-state index >= 15 is 0 Å². The van der Waals surface area contributed by atoms with E-state index < -0.39 is 97.5 Å². The quantitative estimate of drug-likeness (QED) is 0.0222.